The molecule has 3 rings (SSSR count). The number of nitrogens with zero attached hydrogens (tertiary/aromatic N) is 1. The van der Waals surface area contributed by atoms with Gasteiger partial charge in [-0.15, -0.1) is 0 Å². The van der Waals surface area contributed by atoms with Crippen molar-refractivity contribution in [2.24, 2.45) is 0 Å². The first-order valence-electron chi connectivity index (χ1n) is 10.1. The average Bonchev–Trinajstić information content (AvgIpc) is 3.09. The molecule has 3 aromatic rings. The fraction of sp³-hybridized carbons (Fsp3) is 0.375. The summed E-state index contributed by atoms with van der Waals surface area (Å²) in [5, 5.41) is 4.26. The summed E-state index contributed by atoms with van der Waals surface area (Å²) in [6.45, 7) is 5.76. The minimum absolute atomic E-state index is 0.125. The smallest absolute Gasteiger partial charge is 0.220 e. The van der Waals surface area contributed by atoms with Gasteiger partial charge in [-0.1, -0.05) is 44.2 Å². The third kappa shape index (κ3) is 4.75. The molecular formula is C24H30N2O2. The summed E-state index contributed by atoms with van der Waals surface area (Å²) in [5.74, 6) is 1.21. The number of carbonyl (C=O) groups is 1. The highest BCUT2D eigenvalue weighted by atomic mass is 16.5. The first-order chi connectivity index (χ1) is 13.6. The van der Waals surface area contributed by atoms with Crippen molar-refractivity contribution in [1.82, 2.24) is 9.88 Å². The van der Waals surface area contributed by atoms with Crippen molar-refractivity contribution < 1.29 is 9.53 Å². The molecule has 0 aliphatic carbocycles. The van der Waals surface area contributed by atoms with E-state index in [9.17, 15) is 4.79 Å². The Balaban J connectivity index is 1.84. The largest absolute Gasteiger partial charge is 0.497 e. The summed E-state index contributed by atoms with van der Waals surface area (Å²) < 4.78 is 7.77. The molecule has 1 atom stereocenters. The van der Waals surface area contributed by atoms with E-state index in [2.05, 4.69) is 59.4 Å². The number of ether oxygens (including phenoxy) is 1. The normalized spacial score (nSPS) is 12.1. The lowest BCUT2D eigenvalue weighted by Crippen LogP contribution is -2.27. The van der Waals surface area contributed by atoms with Crippen molar-refractivity contribution in [2.75, 3.05) is 13.7 Å². The van der Waals surface area contributed by atoms with E-state index >= 15 is 0 Å². The number of rotatable bonds is 9. The predicted octanol–water partition coefficient (Wildman–Crippen LogP) is 4.91. The maximum atomic E-state index is 11.9. The maximum absolute atomic E-state index is 11.9. The summed E-state index contributed by atoms with van der Waals surface area (Å²) >= 11 is 0. The van der Waals surface area contributed by atoms with Crippen LogP contribution in [0, 0.1) is 0 Å². The Bertz CT molecular complexity index is 915. The molecule has 4 nitrogen and oxygen atoms in total. The van der Waals surface area contributed by atoms with Crippen LogP contribution in [-0.4, -0.2) is 24.1 Å². The Morgan fingerprint density at radius 1 is 1.18 bits per heavy atom. The highest BCUT2D eigenvalue weighted by Crippen LogP contribution is 2.31. The highest BCUT2D eigenvalue weighted by molar-refractivity contribution is 5.86. The van der Waals surface area contributed by atoms with E-state index in [1.54, 1.807) is 7.11 Å². The molecule has 1 amide bonds. The van der Waals surface area contributed by atoms with E-state index in [1.807, 2.05) is 19.1 Å². The SMILES string of the molecule is CCCC(=O)NCC(C)c1cn(CCc2ccccc2)c2ccc(OC)cc12. The number of fused-ring (bicyclic) bond motifs is 1. The van der Waals surface area contributed by atoms with Crippen molar-refractivity contribution in [3.63, 3.8) is 0 Å². The number of methoxy groups -OCH3 is 1. The first kappa shape index (κ1) is 20.0. The van der Waals surface area contributed by atoms with Crippen LogP contribution in [0.1, 0.15) is 43.7 Å². The molecule has 0 saturated carbocycles. The highest BCUT2D eigenvalue weighted by Gasteiger charge is 2.16. The Kier molecular flexibility index (Phi) is 6.75. The first-order valence-corrected chi connectivity index (χ1v) is 10.1. The Morgan fingerprint density at radius 2 is 1.96 bits per heavy atom. The lowest BCUT2D eigenvalue weighted by molar-refractivity contribution is -0.121. The van der Waals surface area contributed by atoms with Gasteiger partial charge in [0.2, 0.25) is 5.91 Å². The predicted molar refractivity (Wildman–Crippen MR) is 115 cm³/mol. The van der Waals surface area contributed by atoms with Gasteiger partial charge in [0.25, 0.3) is 0 Å². The molecule has 28 heavy (non-hydrogen) atoms. The van der Waals surface area contributed by atoms with Crippen LogP contribution in [0.4, 0.5) is 0 Å². The zero-order valence-electron chi connectivity index (χ0n) is 17.1. The number of aromatic nitrogens is 1. The molecule has 1 unspecified atom stereocenters. The van der Waals surface area contributed by atoms with Gasteiger partial charge in [0.1, 0.15) is 5.75 Å². The number of amides is 1. The number of aryl methyl sites for hydroxylation is 2. The molecule has 4 heteroatoms. The van der Waals surface area contributed by atoms with Gasteiger partial charge >= 0.3 is 0 Å². The minimum Gasteiger partial charge on any atom is -0.497 e. The van der Waals surface area contributed by atoms with Crippen LogP contribution in [-0.2, 0) is 17.8 Å². The molecule has 0 fully saturated rings. The van der Waals surface area contributed by atoms with E-state index in [0.717, 1.165) is 25.1 Å². The van der Waals surface area contributed by atoms with Gasteiger partial charge in [-0.25, -0.2) is 0 Å². The Hall–Kier alpha value is -2.75. The Morgan fingerprint density at radius 3 is 2.68 bits per heavy atom. The van der Waals surface area contributed by atoms with E-state index in [4.69, 9.17) is 4.74 Å². The van der Waals surface area contributed by atoms with Gasteiger partial charge in [-0.3, -0.25) is 4.79 Å². The molecule has 1 N–H and O–H groups in total. The van der Waals surface area contributed by atoms with Gasteiger partial charge < -0.3 is 14.6 Å². The van der Waals surface area contributed by atoms with Crippen molar-refractivity contribution in [2.45, 2.75) is 45.6 Å². The van der Waals surface area contributed by atoms with Gasteiger partial charge in [-0.2, -0.15) is 0 Å². The Labute approximate surface area is 167 Å². The summed E-state index contributed by atoms with van der Waals surface area (Å²) in [7, 11) is 1.70. The zero-order chi connectivity index (χ0) is 19.9. The van der Waals surface area contributed by atoms with Gasteiger partial charge in [0.05, 0.1) is 7.11 Å². The molecule has 0 saturated heterocycles. The zero-order valence-corrected chi connectivity index (χ0v) is 17.1. The fourth-order valence-corrected chi connectivity index (χ4v) is 3.60. The second kappa shape index (κ2) is 9.45. The van der Waals surface area contributed by atoms with Crippen LogP contribution >= 0.6 is 0 Å². The van der Waals surface area contributed by atoms with E-state index in [0.29, 0.717) is 13.0 Å². The van der Waals surface area contributed by atoms with Crippen LogP contribution in [0.15, 0.2) is 54.7 Å². The molecule has 0 aliphatic heterocycles. The van der Waals surface area contributed by atoms with Crippen molar-refractivity contribution in [1.29, 1.82) is 0 Å². The second-order valence-electron chi connectivity index (χ2n) is 7.35. The minimum atomic E-state index is 0.125. The molecular weight excluding hydrogens is 348 g/mol. The van der Waals surface area contributed by atoms with Crippen molar-refractivity contribution in [3.05, 3.63) is 65.9 Å². The lowest BCUT2D eigenvalue weighted by Gasteiger charge is -2.12. The third-order valence-electron chi connectivity index (χ3n) is 5.22. The monoisotopic (exact) mass is 378 g/mol. The molecule has 0 bridgehead atoms. The van der Waals surface area contributed by atoms with Gasteiger partial charge in [0, 0.05) is 42.5 Å². The molecule has 148 valence electrons. The third-order valence-corrected chi connectivity index (χ3v) is 5.22. The fourth-order valence-electron chi connectivity index (χ4n) is 3.60. The quantitative estimate of drug-likeness (QED) is 0.575. The van der Waals surface area contributed by atoms with Crippen LogP contribution in [0.25, 0.3) is 10.9 Å². The molecule has 2 aromatic carbocycles. The van der Waals surface area contributed by atoms with Crippen LogP contribution in [0.3, 0.4) is 0 Å². The summed E-state index contributed by atoms with van der Waals surface area (Å²) in [5.41, 5.74) is 3.79. The summed E-state index contributed by atoms with van der Waals surface area (Å²) in [4.78, 5) is 11.9. The van der Waals surface area contributed by atoms with E-state index in [-0.39, 0.29) is 11.8 Å². The second-order valence-corrected chi connectivity index (χ2v) is 7.35. The van der Waals surface area contributed by atoms with Crippen LogP contribution in [0.5, 0.6) is 5.75 Å². The van der Waals surface area contributed by atoms with E-state index in [1.165, 1.54) is 22.0 Å². The van der Waals surface area contributed by atoms with Crippen LogP contribution < -0.4 is 10.1 Å². The average molecular weight is 379 g/mol. The molecule has 1 heterocycles. The number of hydrogen-bond donors (Lipinski definition) is 1. The number of benzene rings is 2. The topological polar surface area (TPSA) is 43.3 Å². The summed E-state index contributed by atoms with van der Waals surface area (Å²) in [6, 6.07) is 16.8. The van der Waals surface area contributed by atoms with E-state index < -0.39 is 0 Å². The lowest BCUT2D eigenvalue weighted by atomic mass is 10.0. The molecule has 0 aliphatic rings. The van der Waals surface area contributed by atoms with Gasteiger partial charge in [-0.05, 0) is 42.2 Å². The molecule has 0 radical (unpaired) electrons. The van der Waals surface area contributed by atoms with Crippen molar-refractivity contribution >= 4 is 16.8 Å². The number of carbonyl (C=O) groups excluding carboxylic acids is 1. The van der Waals surface area contributed by atoms with Gasteiger partial charge in [0.15, 0.2) is 0 Å². The number of hydrogen-bond acceptors (Lipinski definition) is 2. The summed E-state index contributed by atoms with van der Waals surface area (Å²) in [6.07, 6.45) is 4.68. The molecule has 0 spiro atoms. The standard InChI is InChI=1S/C24H30N2O2/c1-4-8-24(27)25-16-18(2)22-17-26(14-13-19-9-6-5-7-10-19)23-12-11-20(28-3)15-21(22)23/h5-7,9-12,15,17-18H,4,8,13-14,16H2,1-3H3,(H,25,27). The number of nitrogens with one attached hydrogen (secondary N) is 1. The van der Waals surface area contributed by atoms with Crippen molar-refractivity contribution in [3.8, 4) is 5.75 Å². The maximum Gasteiger partial charge on any atom is 0.220 e. The molecule has 1 aromatic heterocycles. The van der Waals surface area contributed by atoms with Crippen LogP contribution in [0.2, 0.25) is 0 Å².